The van der Waals surface area contributed by atoms with Crippen molar-refractivity contribution in [3.05, 3.63) is 17.5 Å². The zero-order chi connectivity index (χ0) is 12.3. The van der Waals surface area contributed by atoms with Gasteiger partial charge >= 0.3 is 0 Å². The summed E-state index contributed by atoms with van der Waals surface area (Å²) in [7, 11) is 1.83. The zero-order valence-corrected chi connectivity index (χ0v) is 11.8. The predicted octanol–water partition coefficient (Wildman–Crippen LogP) is 2.02. The Morgan fingerprint density at radius 2 is 2.25 bits per heavy atom. The Labute approximate surface area is 105 Å². The van der Waals surface area contributed by atoms with E-state index in [1.165, 1.54) is 0 Å². The van der Waals surface area contributed by atoms with Gasteiger partial charge < -0.3 is 5.32 Å². The van der Waals surface area contributed by atoms with Crippen LogP contribution < -0.4 is 5.32 Å². The number of carbonyl (C=O) groups excluding carboxylic acids is 1. The first kappa shape index (κ1) is 13.2. The normalized spacial score (nSPS) is 11.6. The maximum Gasteiger partial charge on any atom is 0.255 e. The molecule has 1 aromatic heterocycles. The first-order valence-electron chi connectivity index (χ1n) is 5.24. The molecule has 0 radical (unpaired) electrons. The first-order chi connectivity index (χ1) is 7.37. The lowest BCUT2D eigenvalue weighted by atomic mass is 10.0. The molecule has 0 aliphatic carbocycles. The van der Waals surface area contributed by atoms with E-state index in [0.717, 1.165) is 17.4 Å². The van der Waals surface area contributed by atoms with Crippen LogP contribution in [0.4, 0.5) is 0 Å². The van der Waals surface area contributed by atoms with Crippen LogP contribution in [0.3, 0.4) is 0 Å². The van der Waals surface area contributed by atoms with Gasteiger partial charge in [0.15, 0.2) is 0 Å². The number of rotatable bonds is 4. The van der Waals surface area contributed by atoms with Gasteiger partial charge in [-0.3, -0.25) is 9.48 Å². The molecule has 0 bridgehead atoms. The average molecular weight is 288 g/mol. The standard InChI is InChI=1S/C11H18BrN3O/c1-8-9(7-13-15(8)4)10(16)14-11(2,3)5-6-12/h7H,5-6H2,1-4H3,(H,14,16). The minimum absolute atomic E-state index is 0.0587. The van der Waals surface area contributed by atoms with E-state index >= 15 is 0 Å². The lowest BCUT2D eigenvalue weighted by Gasteiger charge is -2.25. The van der Waals surface area contributed by atoms with Gasteiger partial charge in [0.2, 0.25) is 0 Å². The quantitative estimate of drug-likeness (QED) is 0.862. The van der Waals surface area contributed by atoms with Crippen LogP contribution in [-0.4, -0.2) is 26.6 Å². The molecule has 4 nitrogen and oxygen atoms in total. The van der Waals surface area contributed by atoms with Crippen molar-refractivity contribution in [3.63, 3.8) is 0 Å². The van der Waals surface area contributed by atoms with E-state index in [1.807, 2.05) is 27.8 Å². The molecular weight excluding hydrogens is 270 g/mol. The molecule has 1 amide bonds. The highest BCUT2D eigenvalue weighted by molar-refractivity contribution is 9.09. The van der Waals surface area contributed by atoms with Crippen LogP contribution in [0.5, 0.6) is 0 Å². The molecule has 16 heavy (non-hydrogen) atoms. The molecule has 90 valence electrons. The Bertz CT molecular complexity index is 385. The number of carbonyl (C=O) groups is 1. The number of nitrogens with one attached hydrogen (secondary N) is 1. The summed E-state index contributed by atoms with van der Waals surface area (Å²) in [5, 5.41) is 7.93. The van der Waals surface area contributed by atoms with E-state index in [2.05, 4.69) is 26.3 Å². The summed E-state index contributed by atoms with van der Waals surface area (Å²) in [5.41, 5.74) is 1.32. The van der Waals surface area contributed by atoms with Gasteiger partial charge in [0, 0.05) is 23.6 Å². The molecule has 1 heterocycles. The summed E-state index contributed by atoms with van der Waals surface area (Å²) in [6.45, 7) is 5.91. The van der Waals surface area contributed by atoms with Crippen molar-refractivity contribution in [2.45, 2.75) is 32.7 Å². The summed E-state index contributed by atoms with van der Waals surface area (Å²) < 4.78 is 1.70. The highest BCUT2D eigenvalue weighted by atomic mass is 79.9. The Morgan fingerprint density at radius 1 is 1.62 bits per heavy atom. The van der Waals surface area contributed by atoms with Crippen LogP contribution in [0.2, 0.25) is 0 Å². The average Bonchev–Trinajstić information content (AvgIpc) is 2.46. The van der Waals surface area contributed by atoms with Gasteiger partial charge in [-0.05, 0) is 27.2 Å². The summed E-state index contributed by atoms with van der Waals surface area (Å²) in [5.74, 6) is -0.0587. The van der Waals surface area contributed by atoms with Crippen molar-refractivity contribution in [3.8, 4) is 0 Å². The number of halogens is 1. The molecule has 0 saturated heterocycles. The predicted molar refractivity (Wildman–Crippen MR) is 67.9 cm³/mol. The Balaban J connectivity index is 2.77. The molecule has 0 unspecified atom stereocenters. The van der Waals surface area contributed by atoms with Crippen LogP contribution in [0.1, 0.15) is 36.3 Å². The zero-order valence-electron chi connectivity index (χ0n) is 10.2. The van der Waals surface area contributed by atoms with Crippen molar-refractivity contribution in [1.82, 2.24) is 15.1 Å². The van der Waals surface area contributed by atoms with E-state index in [4.69, 9.17) is 0 Å². The Kier molecular flexibility index (Phi) is 4.13. The minimum atomic E-state index is -0.205. The summed E-state index contributed by atoms with van der Waals surface area (Å²) >= 11 is 3.38. The van der Waals surface area contributed by atoms with Crippen LogP contribution in [-0.2, 0) is 7.05 Å². The summed E-state index contributed by atoms with van der Waals surface area (Å²) in [6.07, 6.45) is 2.49. The van der Waals surface area contributed by atoms with E-state index < -0.39 is 0 Å². The van der Waals surface area contributed by atoms with Crippen molar-refractivity contribution in [1.29, 1.82) is 0 Å². The SMILES string of the molecule is Cc1c(C(=O)NC(C)(C)CCBr)cnn1C. The molecule has 0 spiro atoms. The molecule has 0 aromatic carbocycles. The third kappa shape index (κ3) is 3.07. The summed E-state index contributed by atoms with van der Waals surface area (Å²) in [6, 6.07) is 0. The number of nitrogens with zero attached hydrogens (tertiary/aromatic N) is 2. The summed E-state index contributed by atoms with van der Waals surface area (Å²) in [4.78, 5) is 12.0. The molecular formula is C11H18BrN3O. The van der Waals surface area contributed by atoms with Gasteiger partial charge in [-0.2, -0.15) is 5.10 Å². The highest BCUT2D eigenvalue weighted by Crippen LogP contribution is 2.13. The molecule has 1 aromatic rings. The maximum atomic E-state index is 12.0. The lowest BCUT2D eigenvalue weighted by Crippen LogP contribution is -2.43. The fraction of sp³-hybridized carbons (Fsp3) is 0.636. The highest BCUT2D eigenvalue weighted by Gasteiger charge is 2.22. The van der Waals surface area contributed by atoms with Crippen molar-refractivity contribution in [2.75, 3.05) is 5.33 Å². The van der Waals surface area contributed by atoms with Crippen molar-refractivity contribution in [2.24, 2.45) is 7.05 Å². The molecule has 0 fully saturated rings. The van der Waals surface area contributed by atoms with Crippen LogP contribution in [0, 0.1) is 6.92 Å². The van der Waals surface area contributed by atoms with Gasteiger partial charge in [-0.1, -0.05) is 15.9 Å². The largest absolute Gasteiger partial charge is 0.347 e. The topological polar surface area (TPSA) is 46.9 Å². The monoisotopic (exact) mass is 287 g/mol. The third-order valence-electron chi connectivity index (χ3n) is 2.65. The number of hydrogen-bond acceptors (Lipinski definition) is 2. The first-order valence-corrected chi connectivity index (χ1v) is 6.36. The van der Waals surface area contributed by atoms with Crippen molar-refractivity contribution < 1.29 is 4.79 Å². The van der Waals surface area contributed by atoms with Crippen LogP contribution in [0.15, 0.2) is 6.20 Å². The minimum Gasteiger partial charge on any atom is -0.347 e. The number of amides is 1. The third-order valence-corrected chi connectivity index (χ3v) is 3.05. The second kappa shape index (κ2) is 4.99. The van der Waals surface area contributed by atoms with Crippen molar-refractivity contribution >= 4 is 21.8 Å². The van der Waals surface area contributed by atoms with Gasteiger partial charge in [0.05, 0.1) is 11.8 Å². The van der Waals surface area contributed by atoms with E-state index in [-0.39, 0.29) is 11.4 Å². The Hall–Kier alpha value is -0.840. The number of alkyl halides is 1. The molecule has 0 atom stereocenters. The van der Waals surface area contributed by atoms with Gasteiger partial charge in [-0.25, -0.2) is 0 Å². The van der Waals surface area contributed by atoms with Crippen LogP contribution in [0.25, 0.3) is 0 Å². The van der Waals surface area contributed by atoms with E-state index in [1.54, 1.807) is 10.9 Å². The molecule has 0 aliphatic heterocycles. The number of aryl methyl sites for hydroxylation is 1. The fourth-order valence-electron chi connectivity index (χ4n) is 1.40. The second-order valence-electron chi connectivity index (χ2n) is 4.54. The molecule has 5 heteroatoms. The molecule has 1 rings (SSSR count). The number of hydrogen-bond donors (Lipinski definition) is 1. The number of aromatic nitrogens is 2. The smallest absolute Gasteiger partial charge is 0.255 e. The fourth-order valence-corrected chi connectivity index (χ4v) is 2.39. The van der Waals surface area contributed by atoms with Gasteiger partial charge in [0.25, 0.3) is 5.91 Å². The van der Waals surface area contributed by atoms with E-state index in [0.29, 0.717) is 5.56 Å². The van der Waals surface area contributed by atoms with E-state index in [9.17, 15) is 4.79 Å². The van der Waals surface area contributed by atoms with Gasteiger partial charge in [0.1, 0.15) is 0 Å². The molecule has 0 saturated carbocycles. The maximum absolute atomic E-state index is 12.0. The molecule has 0 aliphatic rings. The lowest BCUT2D eigenvalue weighted by molar-refractivity contribution is 0.0911. The Morgan fingerprint density at radius 3 is 2.69 bits per heavy atom. The van der Waals surface area contributed by atoms with Gasteiger partial charge in [-0.15, -0.1) is 0 Å². The molecule has 1 N–H and O–H groups in total. The second-order valence-corrected chi connectivity index (χ2v) is 5.34. The van der Waals surface area contributed by atoms with Crippen LogP contribution >= 0.6 is 15.9 Å².